The van der Waals surface area contributed by atoms with E-state index in [-0.39, 0.29) is 5.91 Å². The molecule has 2 aromatic rings. The first-order valence-electron chi connectivity index (χ1n) is 7.27. The van der Waals surface area contributed by atoms with E-state index >= 15 is 0 Å². The van der Waals surface area contributed by atoms with E-state index in [9.17, 15) is 4.79 Å². The number of amides is 1. The predicted molar refractivity (Wildman–Crippen MR) is 87.0 cm³/mol. The second kappa shape index (κ2) is 7.48. The predicted octanol–water partition coefficient (Wildman–Crippen LogP) is 2.90. The van der Waals surface area contributed by atoms with E-state index in [2.05, 4.69) is 12.1 Å². The van der Waals surface area contributed by atoms with Crippen LogP contribution in [-0.2, 0) is 17.6 Å². The van der Waals surface area contributed by atoms with Crippen LogP contribution in [0.3, 0.4) is 0 Å². The lowest BCUT2D eigenvalue weighted by atomic mass is 10.1. The van der Waals surface area contributed by atoms with Crippen LogP contribution in [0.4, 0.5) is 5.69 Å². The number of rotatable bonds is 6. The minimum atomic E-state index is 0.183. The maximum atomic E-state index is 12.1. The molecule has 0 fully saturated rings. The maximum absolute atomic E-state index is 12.1. The highest BCUT2D eigenvalue weighted by Crippen LogP contribution is 2.09. The molecule has 2 aromatic carbocycles. The molecule has 0 saturated heterocycles. The van der Waals surface area contributed by atoms with Crippen LogP contribution in [0.15, 0.2) is 54.6 Å². The van der Waals surface area contributed by atoms with Crippen molar-refractivity contribution in [2.75, 3.05) is 19.3 Å². The molecule has 0 heterocycles. The van der Waals surface area contributed by atoms with Crippen LogP contribution in [0.25, 0.3) is 0 Å². The zero-order chi connectivity index (χ0) is 15.1. The van der Waals surface area contributed by atoms with Crippen LogP contribution < -0.4 is 5.73 Å². The van der Waals surface area contributed by atoms with Gasteiger partial charge in [0.1, 0.15) is 0 Å². The Bertz CT molecular complexity index is 564. The van der Waals surface area contributed by atoms with Gasteiger partial charge in [0.15, 0.2) is 0 Å². The van der Waals surface area contributed by atoms with Crippen LogP contribution in [0.1, 0.15) is 17.5 Å². The van der Waals surface area contributed by atoms with Gasteiger partial charge in [0, 0.05) is 25.7 Å². The Hall–Kier alpha value is -2.29. The van der Waals surface area contributed by atoms with Gasteiger partial charge in [0.2, 0.25) is 5.91 Å². The first-order chi connectivity index (χ1) is 10.1. The number of hydrogen-bond donors (Lipinski definition) is 1. The third kappa shape index (κ3) is 4.95. The average Bonchev–Trinajstić information content (AvgIpc) is 2.52. The van der Waals surface area contributed by atoms with Gasteiger partial charge in [0.25, 0.3) is 0 Å². The molecule has 2 N–H and O–H groups in total. The van der Waals surface area contributed by atoms with Crippen molar-refractivity contribution in [3.8, 4) is 0 Å². The standard InChI is InChI=1S/C18H22N2O/c1-20(14-13-15-5-3-2-4-6-15)18(21)12-9-16-7-10-17(19)11-8-16/h2-8,10-11H,9,12-14,19H2,1H3. The van der Waals surface area contributed by atoms with E-state index in [0.29, 0.717) is 6.42 Å². The van der Waals surface area contributed by atoms with Gasteiger partial charge in [-0.25, -0.2) is 0 Å². The summed E-state index contributed by atoms with van der Waals surface area (Å²) >= 11 is 0. The first-order valence-corrected chi connectivity index (χ1v) is 7.27. The third-order valence-electron chi connectivity index (χ3n) is 3.61. The van der Waals surface area contributed by atoms with Gasteiger partial charge >= 0.3 is 0 Å². The molecular weight excluding hydrogens is 260 g/mol. The summed E-state index contributed by atoms with van der Waals surface area (Å²) in [6.07, 6.45) is 2.19. The average molecular weight is 282 g/mol. The number of benzene rings is 2. The van der Waals surface area contributed by atoms with Gasteiger partial charge in [-0.15, -0.1) is 0 Å². The quantitative estimate of drug-likeness (QED) is 0.828. The highest BCUT2D eigenvalue weighted by atomic mass is 16.2. The number of nitrogens with zero attached hydrogens (tertiary/aromatic N) is 1. The fourth-order valence-corrected chi connectivity index (χ4v) is 2.19. The van der Waals surface area contributed by atoms with E-state index in [0.717, 1.165) is 30.6 Å². The molecule has 0 radical (unpaired) electrons. The summed E-state index contributed by atoms with van der Waals surface area (Å²) in [5.41, 5.74) is 8.81. The maximum Gasteiger partial charge on any atom is 0.222 e. The molecule has 0 saturated carbocycles. The zero-order valence-corrected chi connectivity index (χ0v) is 12.5. The topological polar surface area (TPSA) is 46.3 Å². The largest absolute Gasteiger partial charge is 0.399 e. The van der Waals surface area contributed by atoms with Crippen molar-refractivity contribution in [3.05, 3.63) is 65.7 Å². The molecule has 2 rings (SSSR count). The van der Waals surface area contributed by atoms with E-state index in [1.165, 1.54) is 5.56 Å². The Labute approximate surface area is 126 Å². The molecule has 0 atom stereocenters. The summed E-state index contributed by atoms with van der Waals surface area (Å²) in [5.74, 6) is 0.183. The number of nitrogen functional groups attached to an aromatic ring is 1. The number of carbonyl (C=O) groups is 1. The van der Waals surface area contributed by atoms with Crippen LogP contribution in [0.2, 0.25) is 0 Å². The number of anilines is 1. The molecule has 0 aliphatic heterocycles. The van der Waals surface area contributed by atoms with E-state index in [1.54, 1.807) is 0 Å². The van der Waals surface area contributed by atoms with Gasteiger partial charge in [-0.05, 0) is 36.1 Å². The van der Waals surface area contributed by atoms with Crippen LogP contribution in [0, 0.1) is 0 Å². The number of carbonyl (C=O) groups excluding carboxylic acids is 1. The molecule has 3 nitrogen and oxygen atoms in total. The van der Waals surface area contributed by atoms with Crippen molar-refractivity contribution in [3.63, 3.8) is 0 Å². The lowest BCUT2D eigenvalue weighted by Gasteiger charge is -2.17. The lowest BCUT2D eigenvalue weighted by molar-refractivity contribution is -0.129. The van der Waals surface area contributed by atoms with Crippen molar-refractivity contribution in [1.82, 2.24) is 4.90 Å². The Morgan fingerprint density at radius 2 is 1.57 bits per heavy atom. The summed E-state index contributed by atoms with van der Waals surface area (Å²) in [5, 5.41) is 0. The van der Waals surface area contributed by atoms with E-state index < -0.39 is 0 Å². The van der Waals surface area contributed by atoms with Gasteiger partial charge in [-0.1, -0.05) is 42.5 Å². The number of hydrogen-bond acceptors (Lipinski definition) is 2. The summed E-state index contributed by atoms with van der Waals surface area (Å²) in [7, 11) is 1.87. The highest BCUT2D eigenvalue weighted by molar-refractivity contribution is 5.76. The van der Waals surface area contributed by atoms with Crippen molar-refractivity contribution in [2.24, 2.45) is 0 Å². The number of likely N-dealkylation sites (N-methyl/N-ethyl adjacent to an activating group) is 1. The lowest BCUT2D eigenvalue weighted by Crippen LogP contribution is -2.29. The summed E-state index contributed by atoms with van der Waals surface area (Å²) in [6, 6.07) is 17.9. The molecule has 0 aliphatic rings. The molecular formula is C18H22N2O. The van der Waals surface area contributed by atoms with Crippen molar-refractivity contribution >= 4 is 11.6 Å². The number of nitrogens with two attached hydrogens (primary N) is 1. The Kier molecular flexibility index (Phi) is 5.38. The molecule has 0 aromatic heterocycles. The van der Waals surface area contributed by atoms with Crippen LogP contribution in [0.5, 0.6) is 0 Å². The highest BCUT2D eigenvalue weighted by Gasteiger charge is 2.08. The Balaban J connectivity index is 1.76. The SMILES string of the molecule is CN(CCc1ccccc1)C(=O)CCc1ccc(N)cc1. The fourth-order valence-electron chi connectivity index (χ4n) is 2.19. The summed E-state index contributed by atoms with van der Waals surface area (Å²) < 4.78 is 0. The van der Waals surface area contributed by atoms with Crippen molar-refractivity contribution in [2.45, 2.75) is 19.3 Å². The molecule has 21 heavy (non-hydrogen) atoms. The Morgan fingerprint density at radius 3 is 2.24 bits per heavy atom. The Morgan fingerprint density at radius 1 is 0.952 bits per heavy atom. The smallest absolute Gasteiger partial charge is 0.222 e. The molecule has 1 amide bonds. The summed E-state index contributed by atoms with van der Waals surface area (Å²) in [6.45, 7) is 0.755. The monoisotopic (exact) mass is 282 g/mol. The van der Waals surface area contributed by atoms with E-state index in [1.807, 2.05) is 54.4 Å². The van der Waals surface area contributed by atoms with Gasteiger partial charge < -0.3 is 10.6 Å². The molecule has 110 valence electrons. The molecule has 0 spiro atoms. The number of aryl methyl sites for hydroxylation is 1. The molecule has 0 bridgehead atoms. The van der Waals surface area contributed by atoms with Gasteiger partial charge in [-0.3, -0.25) is 4.79 Å². The third-order valence-corrected chi connectivity index (χ3v) is 3.61. The van der Waals surface area contributed by atoms with Crippen molar-refractivity contribution < 1.29 is 4.79 Å². The second-order valence-corrected chi connectivity index (χ2v) is 5.29. The molecule has 3 heteroatoms. The minimum absolute atomic E-state index is 0.183. The second-order valence-electron chi connectivity index (χ2n) is 5.29. The zero-order valence-electron chi connectivity index (χ0n) is 12.5. The summed E-state index contributed by atoms with van der Waals surface area (Å²) in [4.78, 5) is 13.9. The first kappa shape index (κ1) is 15.1. The van der Waals surface area contributed by atoms with Crippen LogP contribution >= 0.6 is 0 Å². The fraction of sp³-hybridized carbons (Fsp3) is 0.278. The van der Waals surface area contributed by atoms with Gasteiger partial charge in [-0.2, -0.15) is 0 Å². The molecule has 0 aliphatic carbocycles. The minimum Gasteiger partial charge on any atom is -0.399 e. The van der Waals surface area contributed by atoms with Crippen LogP contribution in [-0.4, -0.2) is 24.4 Å². The van der Waals surface area contributed by atoms with Crippen molar-refractivity contribution in [1.29, 1.82) is 0 Å². The normalized spacial score (nSPS) is 10.3. The van der Waals surface area contributed by atoms with Gasteiger partial charge in [0.05, 0.1) is 0 Å². The van der Waals surface area contributed by atoms with E-state index in [4.69, 9.17) is 5.73 Å². The molecule has 0 unspecified atom stereocenters.